The third-order valence-corrected chi connectivity index (χ3v) is 3.69. The lowest BCUT2D eigenvalue weighted by Crippen LogP contribution is -2.36. The van der Waals surface area contributed by atoms with Crippen LogP contribution in [0.3, 0.4) is 0 Å². The smallest absolute Gasteiger partial charge is 0.246 e. The van der Waals surface area contributed by atoms with Crippen molar-refractivity contribution in [2.24, 2.45) is 0 Å². The van der Waals surface area contributed by atoms with Crippen LogP contribution in [0.5, 0.6) is 0 Å². The van der Waals surface area contributed by atoms with Gasteiger partial charge in [0, 0.05) is 17.1 Å². The van der Waals surface area contributed by atoms with Crippen molar-refractivity contribution in [3.05, 3.63) is 40.4 Å². The predicted octanol–water partition coefficient (Wildman–Crippen LogP) is 2.45. The van der Waals surface area contributed by atoms with Crippen LogP contribution < -0.4 is 0 Å². The summed E-state index contributed by atoms with van der Waals surface area (Å²) in [6.07, 6.45) is 5.26. The van der Waals surface area contributed by atoms with E-state index in [0.717, 1.165) is 29.4 Å². The Bertz CT molecular complexity index is 442. The van der Waals surface area contributed by atoms with Gasteiger partial charge in [0.1, 0.15) is 0 Å². The summed E-state index contributed by atoms with van der Waals surface area (Å²) in [4.78, 5) is 13.7. The molecule has 1 saturated heterocycles. The minimum absolute atomic E-state index is 0.00734. The van der Waals surface area contributed by atoms with E-state index in [0.29, 0.717) is 0 Å². The van der Waals surface area contributed by atoms with E-state index < -0.39 is 0 Å². The molecule has 96 valence electrons. The Balaban J connectivity index is 2.00. The molecule has 1 amide bonds. The maximum atomic E-state index is 12.0. The van der Waals surface area contributed by atoms with Crippen molar-refractivity contribution in [3.63, 3.8) is 0 Å². The molecule has 1 aromatic rings. The lowest BCUT2D eigenvalue weighted by molar-refractivity contribution is -0.127. The molecule has 4 heteroatoms. The predicted molar refractivity (Wildman–Crippen MR) is 75.0 cm³/mol. The Morgan fingerprint density at radius 2 is 2.17 bits per heavy atom. The highest BCUT2D eigenvalue weighted by molar-refractivity contribution is 9.10. The fourth-order valence-corrected chi connectivity index (χ4v) is 2.42. The molecule has 1 N–H and O–H groups in total. The number of likely N-dealkylation sites (tertiary alicyclic amines) is 1. The molecule has 1 aromatic carbocycles. The molecule has 0 spiro atoms. The van der Waals surface area contributed by atoms with E-state index >= 15 is 0 Å². The highest BCUT2D eigenvalue weighted by Gasteiger charge is 2.26. The van der Waals surface area contributed by atoms with E-state index in [2.05, 4.69) is 15.9 Å². The summed E-state index contributed by atoms with van der Waals surface area (Å²) in [6.45, 7) is 0.798. The van der Waals surface area contributed by atoms with E-state index in [4.69, 9.17) is 0 Å². The normalized spacial score (nSPS) is 19.7. The maximum absolute atomic E-state index is 12.0. The van der Waals surface area contributed by atoms with Crippen LogP contribution >= 0.6 is 15.9 Å². The lowest BCUT2D eigenvalue weighted by atomic mass is 10.2. The average molecular weight is 310 g/mol. The van der Waals surface area contributed by atoms with E-state index in [1.54, 1.807) is 11.0 Å². The van der Waals surface area contributed by atoms with Crippen LogP contribution in [0.4, 0.5) is 0 Å². The van der Waals surface area contributed by atoms with Gasteiger partial charge in [0.25, 0.3) is 0 Å². The van der Waals surface area contributed by atoms with Gasteiger partial charge < -0.3 is 10.0 Å². The molecule has 1 heterocycles. The number of rotatable bonds is 3. The Morgan fingerprint density at radius 1 is 1.44 bits per heavy atom. The molecule has 18 heavy (non-hydrogen) atoms. The first-order valence-corrected chi connectivity index (χ1v) is 6.85. The number of carbonyl (C=O) groups is 1. The topological polar surface area (TPSA) is 40.5 Å². The summed E-state index contributed by atoms with van der Waals surface area (Å²) in [6, 6.07) is 7.77. The van der Waals surface area contributed by atoms with E-state index in [-0.39, 0.29) is 18.6 Å². The number of carbonyl (C=O) groups excluding carboxylic acids is 1. The Labute approximate surface area is 115 Å². The Kier molecular flexibility index (Phi) is 4.55. The molecule has 0 radical (unpaired) electrons. The molecule has 0 aromatic heterocycles. The maximum Gasteiger partial charge on any atom is 0.246 e. The van der Waals surface area contributed by atoms with Crippen LogP contribution in [0.1, 0.15) is 18.4 Å². The van der Waals surface area contributed by atoms with Gasteiger partial charge in [-0.05, 0) is 36.6 Å². The second kappa shape index (κ2) is 6.16. The van der Waals surface area contributed by atoms with Gasteiger partial charge in [-0.2, -0.15) is 0 Å². The van der Waals surface area contributed by atoms with E-state index in [1.165, 1.54) is 0 Å². The standard InChI is InChI=1S/C14H16BrNO2/c15-12-6-3-11(4-7-12)5-8-14(18)16-9-1-2-13(16)10-17/h3-8,13,17H,1-2,9-10H2/t13-/m1/s1. The number of aliphatic hydroxyl groups is 1. The largest absolute Gasteiger partial charge is 0.394 e. The van der Waals surface area contributed by atoms with Crippen molar-refractivity contribution in [1.29, 1.82) is 0 Å². The zero-order chi connectivity index (χ0) is 13.0. The molecule has 3 nitrogen and oxygen atoms in total. The van der Waals surface area contributed by atoms with Crippen LogP contribution in [0.25, 0.3) is 6.08 Å². The zero-order valence-electron chi connectivity index (χ0n) is 10.1. The van der Waals surface area contributed by atoms with Crippen molar-refractivity contribution in [2.75, 3.05) is 13.2 Å². The van der Waals surface area contributed by atoms with Gasteiger partial charge in [0.15, 0.2) is 0 Å². The zero-order valence-corrected chi connectivity index (χ0v) is 11.6. The monoisotopic (exact) mass is 309 g/mol. The molecule has 2 rings (SSSR count). The fraction of sp³-hybridized carbons (Fsp3) is 0.357. The molecular formula is C14H16BrNO2. The van der Waals surface area contributed by atoms with Gasteiger partial charge >= 0.3 is 0 Å². The quantitative estimate of drug-likeness (QED) is 0.871. The number of hydrogen-bond acceptors (Lipinski definition) is 2. The van der Waals surface area contributed by atoms with Crippen LogP contribution in [0.2, 0.25) is 0 Å². The molecule has 1 fully saturated rings. The van der Waals surface area contributed by atoms with Crippen LogP contribution in [-0.2, 0) is 4.79 Å². The first-order valence-electron chi connectivity index (χ1n) is 6.06. The highest BCUT2D eigenvalue weighted by atomic mass is 79.9. The van der Waals surface area contributed by atoms with Crippen LogP contribution in [-0.4, -0.2) is 35.1 Å². The molecule has 1 atom stereocenters. The third-order valence-electron chi connectivity index (χ3n) is 3.16. The first-order chi connectivity index (χ1) is 8.70. The summed E-state index contributed by atoms with van der Waals surface area (Å²) in [7, 11) is 0. The molecule has 1 aliphatic heterocycles. The van der Waals surface area contributed by atoms with Gasteiger partial charge in [0.05, 0.1) is 12.6 Å². The molecule has 0 unspecified atom stereocenters. The van der Waals surface area contributed by atoms with Crippen LogP contribution in [0, 0.1) is 0 Å². The van der Waals surface area contributed by atoms with Crippen molar-refractivity contribution < 1.29 is 9.90 Å². The Morgan fingerprint density at radius 3 is 2.83 bits per heavy atom. The average Bonchev–Trinajstić information content (AvgIpc) is 2.86. The summed E-state index contributed by atoms with van der Waals surface area (Å²) in [5, 5.41) is 9.18. The lowest BCUT2D eigenvalue weighted by Gasteiger charge is -2.21. The summed E-state index contributed by atoms with van der Waals surface area (Å²) < 4.78 is 1.02. The van der Waals surface area contributed by atoms with Gasteiger partial charge in [-0.15, -0.1) is 0 Å². The van der Waals surface area contributed by atoms with Gasteiger partial charge in [-0.1, -0.05) is 28.1 Å². The van der Waals surface area contributed by atoms with Crippen molar-refractivity contribution >= 4 is 27.9 Å². The summed E-state index contributed by atoms with van der Waals surface area (Å²) in [5.74, 6) is -0.0190. The van der Waals surface area contributed by atoms with E-state index in [9.17, 15) is 9.90 Å². The van der Waals surface area contributed by atoms with Crippen molar-refractivity contribution in [3.8, 4) is 0 Å². The molecule has 0 bridgehead atoms. The summed E-state index contributed by atoms with van der Waals surface area (Å²) in [5.41, 5.74) is 0.992. The first kappa shape index (κ1) is 13.3. The summed E-state index contributed by atoms with van der Waals surface area (Å²) >= 11 is 3.37. The fourth-order valence-electron chi connectivity index (χ4n) is 2.15. The SMILES string of the molecule is O=C(C=Cc1ccc(Br)cc1)N1CCC[C@@H]1CO. The number of amides is 1. The number of halogens is 1. The van der Waals surface area contributed by atoms with Gasteiger partial charge in [-0.3, -0.25) is 4.79 Å². The molecule has 0 aliphatic carbocycles. The minimum Gasteiger partial charge on any atom is -0.394 e. The third kappa shape index (κ3) is 3.21. The van der Waals surface area contributed by atoms with Crippen molar-refractivity contribution in [1.82, 2.24) is 4.90 Å². The Hall–Kier alpha value is -1.13. The second-order valence-corrected chi connectivity index (χ2v) is 5.31. The van der Waals surface area contributed by atoms with Gasteiger partial charge in [0.2, 0.25) is 5.91 Å². The number of nitrogens with zero attached hydrogens (tertiary/aromatic N) is 1. The number of aliphatic hydroxyl groups excluding tert-OH is 1. The van der Waals surface area contributed by atoms with Gasteiger partial charge in [-0.25, -0.2) is 0 Å². The molecular weight excluding hydrogens is 294 g/mol. The minimum atomic E-state index is -0.0190. The van der Waals surface area contributed by atoms with E-state index in [1.807, 2.05) is 30.3 Å². The molecule has 1 aliphatic rings. The number of benzene rings is 1. The van der Waals surface area contributed by atoms with Crippen LogP contribution in [0.15, 0.2) is 34.8 Å². The number of hydrogen-bond donors (Lipinski definition) is 1. The highest BCUT2D eigenvalue weighted by Crippen LogP contribution is 2.17. The molecule has 0 saturated carbocycles. The van der Waals surface area contributed by atoms with Crippen molar-refractivity contribution in [2.45, 2.75) is 18.9 Å². The second-order valence-electron chi connectivity index (χ2n) is 4.40.